The van der Waals surface area contributed by atoms with Gasteiger partial charge in [-0.2, -0.15) is 0 Å². The predicted octanol–water partition coefficient (Wildman–Crippen LogP) is 1.62. The Kier molecular flexibility index (Phi) is 2.88. The average molecular weight is 233 g/mol. The highest BCUT2D eigenvalue weighted by atomic mass is 16.4. The molecule has 4 nitrogen and oxygen atoms in total. The molecule has 0 aromatic heterocycles. The van der Waals surface area contributed by atoms with Crippen molar-refractivity contribution in [3.63, 3.8) is 0 Å². The van der Waals surface area contributed by atoms with Crippen LogP contribution in [0.25, 0.3) is 0 Å². The summed E-state index contributed by atoms with van der Waals surface area (Å²) in [6.45, 7) is 2.49. The number of amides is 1. The largest absolute Gasteiger partial charge is 0.481 e. The van der Waals surface area contributed by atoms with Crippen LogP contribution in [0.3, 0.4) is 0 Å². The first-order chi connectivity index (χ1) is 8.03. The maximum Gasteiger partial charge on any atom is 0.311 e. The molecule has 1 N–H and O–H groups in total. The molecule has 1 unspecified atom stereocenters. The lowest BCUT2D eigenvalue weighted by Crippen LogP contribution is -2.34. The number of hydrogen-bond donors (Lipinski definition) is 1. The summed E-state index contributed by atoms with van der Waals surface area (Å²) in [5, 5.41) is 9.10. The van der Waals surface area contributed by atoms with Gasteiger partial charge in [-0.1, -0.05) is 18.2 Å². The van der Waals surface area contributed by atoms with E-state index in [1.165, 1.54) is 0 Å². The van der Waals surface area contributed by atoms with E-state index in [0.29, 0.717) is 18.5 Å². The quantitative estimate of drug-likeness (QED) is 0.844. The van der Waals surface area contributed by atoms with Gasteiger partial charge in [0.15, 0.2) is 0 Å². The number of carbonyl (C=O) groups is 2. The van der Waals surface area contributed by atoms with Crippen molar-refractivity contribution in [2.75, 3.05) is 13.1 Å². The third-order valence-electron chi connectivity index (χ3n) is 3.30. The Morgan fingerprint density at radius 1 is 1.29 bits per heavy atom. The zero-order valence-electron chi connectivity index (χ0n) is 9.72. The van der Waals surface area contributed by atoms with Gasteiger partial charge in [-0.05, 0) is 25.5 Å². The van der Waals surface area contributed by atoms with Gasteiger partial charge < -0.3 is 10.0 Å². The molecule has 17 heavy (non-hydrogen) atoms. The minimum atomic E-state index is -0.833. The van der Waals surface area contributed by atoms with E-state index in [4.69, 9.17) is 5.11 Å². The van der Waals surface area contributed by atoms with Gasteiger partial charge >= 0.3 is 5.97 Å². The summed E-state index contributed by atoms with van der Waals surface area (Å²) >= 11 is 0. The summed E-state index contributed by atoms with van der Waals surface area (Å²) in [6.07, 6.45) is 0.515. The van der Waals surface area contributed by atoms with Crippen LogP contribution in [0.2, 0.25) is 0 Å². The van der Waals surface area contributed by atoms with Gasteiger partial charge in [-0.25, -0.2) is 0 Å². The second-order valence-corrected chi connectivity index (χ2v) is 4.71. The molecular weight excluding hydrogens is 218 g/mol. The fourth-order valence-electron chi connectivity index (χ4n) is 2.07. The zero-order valence-corrected chi connectivity index (χ0v) is 9.72. The first kappa shape index (κ1) is 11.6. The molecule has 0 bridgehead atoms. The van der Waals surface area contributed by atoms with Crippen LogP contribution in [-0.2, 0) is 4.79 Å². The summed E-state index contributed by atoms with van der Waals surface area (Å²) in [5.74, 6) is -0.920. The lowest BCUT2D eigenvalue weighted by Gasteiger charge is -2.20. The normalized spacial score (nSPS) is 23.7. The minimum absolute atomic E-state index is 0.0874. The molecule has 1 heterocycles. The number of carboxylic acids is 1. The fraction of sp³-hybridized carbons (Fsp3) is 0.385. The minimum Gasteiger partial charge on any atom is -0.481 e. The molecule has 1 aromatic rings. The number of hydrogen-bond acceptors (Lipinski definition) is 2. The monoisotopic (exact) mass is 233 g/mol. The number of likely N-dealkylation sites (tertiary alicyclic amines) is 1. The van der Waals surface area contributed by atoms with Gasteiger partial charge in [0.05, 0.1) is 5.41 Å². The molecule has 1 aromatic carbocycles. The van der Waals surface area contributed by atoms with E-state index in [1.54, 1.807) is 36.1 Å². The molecule has 1 aliphatic heterocycles. The second-order valence-electron chi connectivity index (χ2n) is 4.71. The average Bonchev–Trinajstić information content (AvgIpc) is 2.74. The molecule has 1 saturated heterocycles. The van der Waals surface area contributed by atoms with Crippen molar-refractivity contribution in [3.8, 4) is 0 Å². The molecule has 0 radical (unpaired) electrons. The van der Waals surface area contributed by atoms with E-state index in [-0.39, 0.29) is 12.5 Å². The molecule has 1 amide bonds. The third-order valence-corrected chi connectivity index (χ3v) is 3.30. The SMILES string of the molecule is CC1(C(=O)O)CCN(C(=O)c2ccccc2)C1. The van der Waals surface area contributed by atoms with Crippen molar-refractivity contribution in [1.82, 2.24) is 4.90 Å². The van der Waals surface area contributed by atoms with Crippen LogP contribution < -0.4 is 0 Å². The maximum absolute atomic E-state index is 12.1. The Morgan fingerprint density at radius 2 is 1.94 bits per heavy atom. The van der Waals surface area contributed by atoms with E-state index in [0.717, 1.165) is 0 Å². The molecule has 1 atom stereocenters. The topological polar surface area (TPSA) is 57.6 Å². The number of benzene rings is 1. The summed E-state index contributed by atoms with van der Waals surface area (Å²) < 4.78 is 0. The highest BCUT2D eigenvalue weighted by Gasteiger charge is 2.42. The Morgan fingerprint density at radius 3 is 2.47 bits per heavy atom. The van der Waals surface area contributed by atoms with Gasteiger partial charge in [0.2, 0.25) is 0 Å². The van der Waals surface area contributed by atoms with Gasteiger partial charge in [0.25, 0.3) is 5.91 Å². The lowest BCUT2D eigenvalue weighted by molar-refractivity contribution is -0.147. The molecule has 2 rings (SSSR count). The maximum atomic E-state index is 12.1. The van der Waals surface area contributed by atoms with Crippen molar-refractivity contribution in [2.24, 2.45) is 5.41 Å². The van der Waals surface area contributed by atoms with Gasteiger partial charge in [0, 0.05) is 18.7 Å². The second kappa shape index (κ2) is 4.20. The van der Waals surface area contributed by atoms with Crippen molar-refractivity contribution in [1.29, 1.82) is 0 Å². The summed E-state index contributed by atoms with van der Waals surface area (Å²) in [6, 6.07) is 8.96. The summed E-state index contributed by atoms with van der Waals surface area (Å²) in [4.78, 5) is 24.8. The van der Waals surface area contributed by atoms with Gasteiger partial charge in [0.1, 0.15) is 0 Å². The standard InChI is InChI=1S/C13H15NO3/c1-13(12(16)17)7-8-14(9-13)11(15)10-5-3-2-4-6-10/h2-6H,7-9H2,1H3,(H,16,17). The number of rotatable bonds is 2. The number of carbonyl (C=O) groups excluding carboxylic acids is 1. The predicted molar refractivity (Wildman–Crippen MR) is 62.7 cm³/mol. The van der Waals surface area contributed by atoms with Crippen molar-refractivity contribution >= 4 is 11.9 Å². The molecule has 0 aliphatic carbocycles. The van der Waals surface area contributed by atoms with Gasteiger partial charge in [-0.3, -0.25) is 9.59 Å². The first-order valence-electron chi connectivity index (χ1n) is 5.61. The molecule has 90 valence electrons. The zero-order chi connectivity index (χ0) is 12.5. The van der Waals surface area contributed by atoms with E-state index < -0.39 is 11.4 Å². The Bertz CT molecular complexity index is 443. The molecule has 0 spiro atoms. The van der Waals surface area contributed by atoms with Crippen LogP contribution >= 0.6 is 0 Å². The highest BCUT2D eigenvalue weighted by molar-refractivity contribution is 5.95. The number of aliphatic carboxylic acids is 1. The molecule has 4 heteroatoms. The Balaban J connectivity index is 2.12. The van der Waals surface area contributed by atoms with Crippen molar-refractivity contribution < 1.29 is 14.7 Å². The van der Waals surface area contributed by atoms with Crippen molar-refractivity contribution in [2.45, 2.75) is 13.3 Å². The molecule has 1 aliphatic rings. The smallest absolute Gasteiger partial charge is 0.311 e. The molecule has 0 saturated carbocycles. The number of nitrogens with zero attached hydrogens (tertiary/aromatic N) is 1. The molecule has 1 fully saturated rings. The summed E-state index contributed by atoms with van der Waals surface area (Å²) in [7, 11) is 0. The van der Waals surface area contributed by atoms with Crippen LogP contribution in [0.1, 0.15) is 23.7 Å². The van der Waals surface area contributed by atoms with Gasteiger partial charge in [-0.15, -0.1) is 0 Å². The Hall–Kier alpha value is -1.84. The number of carboxylic acid groups (broad SMARTS) is 1. The van der Waals surface area contributed by atoms with E-state index >= 15 is 0 Å². The highest BCUT2D eigenvalue weighted by Crippen LogP contribution is 2.30. The van der Waals surface area contributed by atoms with E-state index in [2.05, 4.69) is 0 Å². The van der Waals surface area contributed by atoms with Crippen LogP contribution in [-0.4, -0.2) is 35.0 Å². The van der Waals surface area contributed by atoms with E-state index in [9.17, 15) is 9.59 Å². The summed E-state index contributed by atoms with van der Waals surface area (Å²) in [5.41, 5.74) is -0.188. The third kappa shape index (κ3) is 2.16. The van der Waals surface area contributed by atoms with Crippen LogP contribution in [0.4, 0.5) is 0 Å². The van der Waals surface area contributed by atoms with Crippen LogP contribution in [0.5, 0.6) is 0 Å². The van der Waals surface area contributed by atoms with Crippen molar-refractivity contribution in [3.05, 3.63) is 35.9 Å². The van der Waals surface area contributed by atoms with Crippen LogP contribution in [0.15, 0.2) is 30.3 Å². The van der Waals surface area contributed by atoms with E-state index in [1.807, 2.05) is 6.07 Å². The first-order valence-corrected chi connectivity index (χ1v) is 5.61. The Labute approximate surface area is 99.9 Å². The van der Waals surface area contributed by atoms with Crippen LogP contribution in [0, 0.1) is 5.41 Å². The fourth-order valence-corrected chi connectivity index (χ4v) is 2.07. The lowest BCUT2D eigenvalue weighted by atomic mass is 9.90. The molecular formula is C13H15NO3.